The quantitative estimate of drug-likeness (QED) is 0.405. The minimum absolute atomic E-state index is 0.0187. The van der Waals surface area contributed by atoms with Crippen LogP contribution in [0.1, 0.15) is 84.0 Å². The molecular formula is C29H51N3O4Si2. The lowest BCUT2D eigenvalue weighted by atomic mass is 9.95. The molecule has 2 fully saturated rings. The van der Waals surface area contributed by atoms with Crippen molar-refractivity contribution in [2.75, 3.05) is 6.54 Å². The number of carbonyl (C=O) groups is 2. The molecular weight excluding hydrogens is 511 g/mol. The summed E-state index contributed by atoms with van der Waals surface area (Å²) in [4.78, 5) is 33.8. The summed E-state index contributed by atoms with van der Waals surface area (Å²) in [6.45, 7) is 22.4. The Bertz CT molecular complexity index is 966. The Balaban J connectivity index is 2.05. The Kier molecular flexibility index (Phi) is 9.38. The lowest BCUT2D eigenvalue weighted by Gasteiger charge is -2.43. The van der Waals surface area contributed by atoms with Crippen molar-refractivity contribution in [3.63, 3.8) is 0 Å². The molecule has 3 atom stereocenters. The second kappa shape index (κ2) is 11.5. The number of nitrogens with zero attached hydrogens (tertiary/aromatic N) is 2. The smallest absolute Gasteiger partial charge is 0.256 e. The van der Waals surface area contributed by atoms with E-state index < -0.39 is 28.8 Å². The minimum atomic E-state index is -2.31. The third kappa shape index (κ3) is 6.95. The fourth-order valence-electron chi connectivity index (χ4n) is 4.80. The molecule has 0 spiro atoms. The van der Waals surface area contributed by atoms with Gasteiger partial charge < -0.3 is 19.1 Å². The van der Waals surface area contributed by atoms with Gasteiger partial charge in [0.15, 0.2) is 16.6 Å². The highest BCUT2D eigenvalue weighted by molar-refractivity contribution is 6.74. The molecule has 1 aliphatic heterocycles. The van der Waals surface area contributed by atoms with E-state index in [-0.39, 0.29) is 34.0 Å². The zero-order chi connectivity index (χ0) is 28.5. The van der Waals surface area contributed by atoms with Gasteiger partial charge in [0.25, 0.3) is 5.91 Å². The Morgan fingerprint density at radius 2 is 1.53 bits per heavy atom. The maximum absolute atomic E-state index is 14.1. The highest BCUT2D eigenvalue weighted by Crippen LogP contribution is 2.43. The van der Waals surface area contributed by atoms with Gasteiger partial charge >= 0.3 is 0 Å². The number of nitrogens with one attached hydrogen (secondary N) is 1. The van der Waals surface area contributed by atoms with Gasteiger partial charge in [-0.3, -0.25) is 14.6 Å². The number of pyridine rings is 1. The van der Waals surface area contributed by atoms with Crippen molar-refractivity contribution >= 4 is 28.4 Å². The molecule has 0 bridgehead atoms. The lowest BCUT2D eigenvalue weighted by Crippen LogP contribution is -2.57. The summed E-state index contributed by atoms with van der Waals surface area (Å²) in [6, 6.07) is 2.90. The van der Waals surface area contributed by atoms with Crippen LogP contribution in [0.3, 0.4) is 0 Å². The van der Waals surface area contributed by atoms with Crippen LogP contribution >= 0.6 is 0 Å². The standard InChI is InChI=1S/C29H51N3O4Si2/c1-28(2,3)37(7,8)35-23-20-32(27(34)21-15-14-18-30-19-21)24(25(23)36-38(9,10)29(4,5)6)26(33)31-22-16-12-11-13-17-22/h14-15,18-19,22-25H,11-13,16-17,20H2,1-10H3,(H,31,33)/t23-,24?,25+/m0/s1. The number of hydrogen-bond donors (Lipinski definition) is 1. The molecule has 2 amide bonds. The normalized spacial score (nSPS) is 23.9. The van der Waals surface area contributed by atoms with E-state index in [1.165, 1.54) is 6.42 Å². The van der Waals surface area contributed by atoms with Crippen molar-refractivity contribution in [1.82, 2.24) is 15.2 Å². The second-order valence-corrected chi connectivity index (χ2v) is 23.8. The summed E-state index contributed by atoms with van der Waals surface area (Å²) in [7, 11) is -4.54. The average molecular weight is 562 g/mol. The maximum Gasteiger partial charge on any atom is 0.256 e. The molecule has 2 heterocycles. The van der Waals surface area contributed by atoms with Crippen molar-refractivity contribution in [1.29, 1.82) is 0 Å². The van der Waals surface area contributed by atoms with Gasteiger partial charge in [-0.05, 0) is 61.2 Å². The van der Waals surface area contributed by atoms with Crippen LogP contribution < -0.4 is 5.32 Å². The average Bonchev–Trinajstić information content (AvgIpc) is 3.15. The summed E-state index contributed by atoms with van der Waals surface area (Å²) in [6.07, 6.45) is 7.72. The minimum Gasteiger partial charge on any atom is -0.409 e. The van der Waals surface area contributed by atoms with Gasteiger partial charge in [0.05, 0.1) is 11.7 Å². The Labute approximate surface area is 232 Å². The zero-order valence-electron chi connectivity index (χ0n) is 25.4. The molecule has 7 nitrogen and oxygen atoms in total. The topological polar surface area (TPSA) is 80.8 Å². The summed E-state index contributed by atoms with van der Waals surface area (Å²) in [5.41, 5.74) is 0.474. The summed E-state index contributed by atoms with van der Waals surface area (Å²) < 4.78 is 14.0. The first-order valence-corrected chi connectivity index (χ1v) is 20.1. The molecule has 0 radical (unpaired) electrons. The third-order valence-corrected chi connectivity index (χ3v) is 18.2. The monoisotopic (exact) mass is 561 g/mol. The number of rotatable bonds is 7. The van der Waals surface area contributed by atoms with E-state index in [1.807, 2.05) is 0 Å². The van der Waals surface area contributed by atoms with Crippen molar-refractivity contribution < 1.29 is 18.4 Å². The molecule has 1 unspecified atom stereocenters. The maximum atomic E-state index is 14.1. The van der Waals surface area contributed by atoms with Crippen LogP contribution in [0, 0.1) is 0 Å². The number of aromatic nitrogens is 1. The Morgan fingerprint density at radius 1 is 0.947 bits per heavy atom. The molecule has 1 aromatic rings. The molecule has 1 saturated carbocycles. The highest BCUT2D eigenvalue weighted by atomic mass is 28.4. The zero-order valence-corrected chi connectivity index (χ0v) is 27.4. The first-order valence-electron chi connectivity index (χ1n) is 14.3. The third-order valence-electron chi connectivity index (χ3n) is 9.27. The number of amides is 2. The van der Waals surface area contributed by atoms with Crippen molar-refractivity contribution in [3.05, 3.63) is 30.1 Å². The van der Waals surface area contributed by atoms with Gasteiger partial charge in [-0.2, -0.15) is 0 Å². The summed E-state index contributed by atoms with van der Waals surface area (Å²) in [5.74, 6) is -0.328. The fraction of sp³-hybridized carbons (Fsp3) is 0.759. The van der Waals surface area contributed by atoms with E-state index in [0.29, 0.717) is 12.1 Å². The van der Waals surface area contributed by atoms with E-state index in [4.69, 9.17) is 8.85 Å². The Hall–Kier alpha value is -1.56. The molecule has 0 aromatic carbocycles. The van der Waals surface area contributed by atoms with Gasteiger partial charge in [0.1, 0.15) is 12.1 Å². The van der Waals surface area contributed by atoms with Crippen molar-refractivity contribution in [2.24, 2.45) is 0 Å². The van der Waals surface area contributed by atoms with E-state index in [9.17, 15) is 9.59 Å². The van der Waals surface area contributed by atoms with E-state index in [1.54, 1.807) is 29.4 Å². The summed E-state index contributed by atoms with van der Waals surface area (Å²) >= 11 is 0. The molecule has 214 valence electrons. The van der Waals surface area contributed by atoms with E-state index in [0.717, 1.165) is 25.7 Å². The van der Waals surface area contributed by atoms with Gasteiger partial charge in [-0.1, -0.05) is 60.8 Å². The number of carbonyl (C=O) groups excluding carboxylic acids is 2. The fourth-order valence-corrected chi connectivity index (χ4v) is 7.43. The largest absolute Gasteiger partial charge is 0.409 e. The SMILES string of the molecule is CC(C)(C)[Si](C)(C)O[C@H]1CN(C(=O)c2cccnc2)C(C(=O)NC2CCCCC2)[C@@H]1O[Si](C)(C)C(C)(C)C. The van der Waals surface area contributed by atoms with Crippen LogP contribution in [0.25, 0.3) is 0 Å². The highest BCUT2D eigenvalue weighted by Gasteiger charge is 2.55. The predicted molar refractivity (Wildman–Crippen MR) is 158 cm³/mol. The van der Waals surface area contributed by atoms with E-state index >= 15 is 0 Å². The first-order chi connectivity index (χ1) is 17.4. The van der Waals surface area contributed by atoms with Gasteiger partial charge in [0, 0.05) is 25.0 Å². The predicted octanol–water partition coefficient (Wildman–Crippen LogP) is 6.14. The molecule has 1 aliphatic carbocycles. The lowest BCUT2D eigenvalue weighted by molar-refractivity contribution is -0.128. The molecule has 2 aliphatic rings. The van der Waals surface area contributed by atoms with E-state index in [2.05, 4.69) is 78.0 Å². The molecule has 9 heteroatoms. The molecule has 38 heavy (non-hydrogen) atoms. The van der Waals surface area contributed by atoms with Crippen LogP contribution in [0.4, 0.5) is 0 Å². The Morgan fingerprint density at radius 3 is 2.05 bits per heavy atom. The van der Waals surface area contributed by atoms with Gasteiger partial charge in [-0.25, -0.2) is 0 Å². The number of likely N-dealkylation sites (tertiary alicyclic amines) is 1. The van der Waals surface area contributed by atoms with Crippen LogP contribution in [0.2, 0.25) is 36.3 Å². The second-order valence-electron chi connectivity index (χ2n) is 14.2. The van der Waals surface area contributed by atoms with Gasteiger partial charge in [-0.15, -0.1) is 0 Å². The van der Waals surface area contributed by atoms with Crippen molar-refractivity contribution in [3.8, 4) is 0 Å². The van der Waals surface area contributed by atoms with Crippen molar-refractivity contribution in [2.45, 2.75) is 134 Å². The molecule has 1 saturated heterocycles. The molecule has 1 aromatic heterocycles. The molecule has 3 rings (SSSR count). The number of hydrogen-bond acceptors (Lipinski definition) is 5. The van der Waals surface area contributed by atoms with Crippen LogP contribution in [-0.4, -0.2) is 69.2 Å². The first kappa shape index (κ1) is 31.0. The van der Waals surface area contributed by atoms with Crippen LogP contribution in [-0.2, 0) is 13.6 Å². The van der Waals surface area contributed by atoms with Crippen LogP contribution in [0.5, 0.6) is 0 Å². The van der Waals surface area contributed by atoms with Crippen LogP contribution in [0.15, 0.2) is 24.5 Å². The summed E-state index contributed by atoms with van der Waals surface area (Å²) in [5, 5.41) is 3.23. The molecule has 1 N–H and O–H groups in total. The van der Waals surface area contributed by atoms with Gasteiger partial charge in [0.2, 0.25) is 5.91 Å².